The number of carbonyl (C=O) groups is 2. The average Bonchev–Trinajstić information content (AvgIpc) is 2.61. The SMILES string of the molecule is CC(C)c1ccc(OCCC(=O)N2CCC(C(=O)N(C)C)CC2)cc1. The summed E-state index contributed by atoms with van der Waals surface area (Å²) in [5.41, 5.74) is 1.28. The number of hydrogen-bond acceptors (Lipinski definition) is 3. The highest BCUT2D eigenvalue weighted by atomic mass is 16.5. The maximum Gasteiger partial charge on any atom is 0.225 e. The largest absolute Gasteiger partial charge is 0.493 e. The first kappa shape index (κ1) is 19.3. The summed E-state index contributed by atoms with van der Waals surface area (Å²) in [7, 11) is 3.57. The molecule has 1 aromatic rings. The molecular formula is C20H30N2O3. The Morgan fingerprint density at radius 2 is 1.76 bits per heavy atom. The Bertz CT molecular complexity index is 573. The lowest BCUT2D eigenvalue weighted by Gasteiger charge is -2.32. The zero-order valence-electron chi connectivity index (χ0n) is 15.8. The number of carbonyl (C=O) groups excluding carboxylic acids is 2. The maximum absolute atomic E-state index is 12.3. The Kier molecular flexibility index (Phi) is 6.85. The summed E-state index contributed by atoms with van der Waals surface area (Å²) in [6.45, 7) is 6.02. The second-order valence-electron chi connectivity index (χ2n) is 7.21. The summed E-state index contributed by atoms with van der Waals surface area (Å²) in [5.74, 6) is 1.62. The normalized spacial score (nSPS) is 15.3. The van der Waals surface area contributed by atoms with Crippen molar-refractivity contribution in [1.29, 1.82) is 0 Å². The molecule has 0 radical (unpaired) electrons. The summed E-state index contributed by atoms with van der Waals surface area (Å²) in [5, 5.41) is 0. The van der Waals surface area contributed by atoms with Crippen molar-refractivity contribution in [3.05, 3.63) is 29.8 Å². The zero-order chi connectivity index (χ0) is 18.4. The molecule has 0 aromatic heterocycles. The van der Waals surface area contributed by atoms with Crippen LogP contribution in [0.15, 0.2) is 24.3 Å². The molecular weight excluding hydrogens is 316 g/mol. The third kappa shape index (κ3) is 5.48. The van der Waals surface area contributed by atoms with E-state index in [-0.39, 0.29) is 17.7 Å². The standard InChI is InChI=1S/C20H30N2O3/c1-15(2)16-5-7-18(8-6-16)25-14-11-19(23)22-12-9-17(10-13-22)20(24)21(3)4/h5-8,15,17H,9-14H2,1-4H3. The lowest BCUT2D eigenvalue weighted by Crippen LogP contribution is -2.43. The number of rotatable bonds is 6. The van der Waals surface area contributed by atoms with Gasteiger partial charge in [0.05, 0.1) is 13.0 Å². The van der Waals surface area contributed by atoms with Crippen molar-refractivity contribution in [2.24, 2.45) is 5.92 Å². The molecule has 0 aliphatic carbocycles. The molecule has 1 aliphatic heterocycles. The molecule has 138 valence electrons. The van der Waals surface area contributed by atoms with Gasteiger partial charge in [0.1, 0.15) is 5.75 Å². The Balaban J connectivity index is 1.71. The van der Waals surface area contributed by atoms with Gasteiger partial charge in [-0.2, -0.15) is 0 Å². The smallest absolute Gasteiger partial charge is 0.225 e. The fraction of sp³-hybridized carbons (Fsp3) is 0.600. The Morgan fingerprint density at radius 3 is 2.28 bits per heavy atom. The molecule has 1 aliphatic rings. The highest BCUT2D eigenvalue weighted by molar-refractivity contribution is 5.79. The van der Waals surface area contributed by atoms with Gasteiger partial charge in [0.25, 0.3) is 0 Å². The summed E-state index contributed by atoms with van der Waals surface area (Å²) in [6.07, 6.45) is 1.87. The molecule has 0 unspecified atom stereocenters. The summed E-state index contributed by atoms with van der Waals surface area (Å²) >= 11 is 0. The van der Waals surface area contributed by atoms with Gasteiger partial charge in [0, 0.05) is 33.1 Å². The first-order valence-corrected chi connectivity index (χ1v) is 9.10. The fourth-order valence-electron chi connectivity index (χ4n) is 3.10. The van der Waals surface area contributed by atoms with Crippen LogP contribution in [-0.4, -0.2) is 55.4 Å². The predicted molar refractivity (Wildman–Crippen MR) is 98.6 cm³/mol. The molecule has 1 fully saturated rings. The van der Waals surface area contributed by atoms with Crippen molar-refractivity contribution in [3.8, 4) is 5.75 Å². The Labute approximate surface area is 150 Å². The molecule has 0 spiro atoms. The van der Waals surface area contributed by atoms with Crippen LogP contribution in [0.2, 0.25) is 0 Å². The molecule has 0 bridgehead atoms. The minimum Gasteiger partial charge on any atom is -0.493 e. The number of amides is 2. The average molecular weight is 346 g/mol. The number of hydrogen-bond donors (Lipinski definition) is 0. The van der Waals surface area contributed by atoms with Gasteiger partial charge in [-0.1, -0.05) is 26.0 Å². The molecule has 0 atom stereocenters. The number of piperidine rings is 1. The molecule has 2 rings (SSSR count). The van der Waals surface area contributed by atoms with Crippen LogP contribution >= 0.6 is 0 Å². The van der Waals surface area contributed by atoms with E-state index < -0.39 is 0 Å². The van der Waals surface area contributed by atoms with Gasteiger partial charge in [-0.3, -0.25) is 9.59 Å². The number of benzene rings is 1. The van der Waals surface area contributed by atoms with E-state index in [9.17, 15) is 9.59 Å². The minimum absolute atomic E-state index is 0.0507. The van der Waals surface area contributed by atoms with Gasteiger partial charge >= 0.3 is 0 Å². The third-order valence-electron chi connectivity index (χ3n) is 4.77. The topological polar surface area (TPSA) is 49.9 Å². The second kappa shape index (κ2) is 8.88. The van der Waals surface area contributed by atoms with Crippen LogP contribution in [-0.2, 0) is 9.59 Å². The predicted octanol–water partition coefficient (Wildman–Crippen LogP) is 2.91. The van der Waals surface area contributed by atoms with Crippen molar-refractivity contribution < 1.29 is 14.3 Å². The van der Waals surface area contributed by atoms with Crippen molar-refractivity contribution in [2.45, 2.75) is 39.0 Å². The van der Waals surface area contributed by atoms with Gasteiger partial charge in [0.2, 0.25) is 11.8 Å². The van der Waals surface area contributed by atoms with Crippen LogP contribution in [0.25, 0.3) is 0 Å². The van der Waals surface area contributed by atoms with Gasteiger partial charge in [-0.05, 0) is 36.5 Å². The van der Waals surface area contributed by atoms with E-state index >= 15 is 0 Å². The molecule has 1 aromatic carbocycles. The Morgan fingerprint density at radius 1 is 1.16 bits per heavy atom. The molecule has 5 heteroatoms. The van der Waals surface area contributed by atoms with E-state index in [0.717, 1.165) is 18.6 Å². The van der Waals surface area contributed by atoms with Crippen molar-refractivity contribution >= 4 is 11.8 Å². The molecule has 0 N–H and O–H groups in total. The first-order chi connectivity index (χ1) is 11.9. The highest BCUT2D eigenvalue weighted by Crippen LogP contribution is 2.20. The second-order valence-corrected chi connectivity index (χ2v) is 7.21. The van der Waals surface area contributed by atoms with Gasteiger partial charge in [-0.25, -0.2) is 0 Å². The first-order valence-electron chi connectivity index (χ1n) is 9.10. The van der Waals surface area contributed by atoms with E-state index in [0.29, 0.717) is 32.0 Å². The number of ether oxygens (including phenoxy) is 1. The van der Waals surface area contributed by atoms with Crippen LogP contribution in [0.1, 0.15) is 44.6 Å². The molecule has 2 amide bonds. The lowest BCUT2D eigenvalue weighted by molar-refractivity contribution is -0.139. The third-order valence-corrected chi connectivity index (χ3v) is 4.77. The van der Waals surface area contributed by atoms with E-state index in [4.69, 9.17) is 4.74 Å². The van der Waals surface area contributed by atoms with Crippen LogP contribution < -0.4 is 4.74 Å². The van der Waals surface area contributed by atoms with E-state index in [2.05, 4.69) is 26.0 Å². The lowest BCUT2D eigenvalue weighted by atomic mass is 9.95. The summed E-state index contributed by atoms with van der Waals surface area (Å²) in [6, 6.07) is 8.04. The summed E-state index contributed by atoms with van der Waals surface area (Å²) < 4.78 is 5.68. The van der Waals surface area contributed by atoms with Crippen molar-refractivity contribution in [3.63, 3.8) is 0 Å². The molecule has 1 saturated heterocycles. The monoisotopic (exact) mass is 346 g/mol. The van der Waals surface area contributed by atoms with Crippen LogP contribution in [0.5, 0.6) is 5.75 Å². The summed E-state index contributed by atoms with van der Waals surface area (Å²) in [4.78, 5) is 27.8. The van der Waals surface area contributed by atoms with Crippen molar-refractivity contribution in [1.82, 2.24) is 9.80 Å². The van der Waals surface area contributed by atoms with Crippen LogP contribution in [0, 0.1) is 5.92 Å². The van der Waals surface area contributed by atoms with E-state index in [1.54, 1.807) is 19.0 Å². The zero-order valence-corrected chi connectivity index (χ0v) is 15.8. The quantitative estimate of drug-likeness (QED) is 0.796. The molecule has 1 heterocycles. The fourth-order valence-corrected chi connectivity index (χ4v) is 3.10. The van der Waals surface area contributed by atoms with Crippen LogP contribution in [0.4, 0.5) is 0 Å². The van der Waals surface area contributed by atoms with Gasteiger partial charge in [-0.15, -0.1) is 0 Å². The van der Waals surface area contributed by atoms with Gasteiger partial charge in [0.15, 0.2) is 0 Å². The maximum atomic E-state index is 12.3. The minimum atomic E-state index is 0.0507. The number of likely N-dealkylation sites (tertiary alicyclic amines) is 1. The molecule has 5 nitrogen and oxygen atoms in total. The Hall–Kier alpha value is -2.04. The van der Waals surface area contributed by atoms with Gasteiger partial charge < -0.3 is 14.5 Å². The molecule has 25 heavy (non-hydrogen) atoms. The van der Waals surface area contributed by atoms with E-state index in [1.807, 2.05) is 17.0 Å². The number of nitrogens with zero attached hydrogens (tertiary/aromatic N) is 2. The van der Waals surface area contributed by atoms with Crippen LogP contribution in [0.3, 0.4) is 0 Å². The highest BCUT2D eigenvalue weighted by Gasteiger charge is 2.27. The molecule has 0 saturated carbocycles. The van der Waals surface area contributed by atoms with E-state index in [1.165, 1.54) is 5.56 Å². The van der Waals surface area contributed by atoms with Crippen molar-refractivity contribution in [2.75, 3.05) is 33.8 Å².